The summed E-state index contributed by atoms with van der Waals surface area (Å²) in [6.45, 7) is 2.50. The summed E-state index contributed by atoms with van der Waals surface area (Å²) in [6.07, 6.45) is 6.86. The van der Waals surface area contributed by atoms with Crippen molar-refractivity contribution in [3.8, 4) is 5.88 Å². The predicted molar refractivity (Wildman–Crippen MR) is 130 cm³/mol. The van der Waals surface area contributed by atoms with Gasteiger partial charge in [0.15, 0.2) is 0 Å². The van der Waals surface area contributed by atoms with E-state index in [9.17, 15) is 9.59 Å². The molecule has 4 aromatic rings. The fourth-order valence-electron chi connectivity index (χ4n) is 5.25. The standard InChI is InChI=1S/C24H24N6O3.CH4/c1-13-9-18-17(26-23(31)22-28-27-21(30(18)22)14-5-3-4-6-14)11-16(13)24(32)29-8-7-15-10-20(33-2)25-12-19(15)29;/h9-12,14H,3-8H2,1-2H3,(H,26,31);1H4. The third kappa shape index (κ3) is 3.26. The molecule has 0 unspecified atom stereocenters. The van der Waals surface area contributed by atoms with Crippen LogP contribution in [-0.2, 0) is 6.42 Å². The summed E-state index contributed by atoms with van der Waals surface area (Å²) in [5.41, 5.74) is 4.65. The molecule has 0 spiro atoms. The van der Waals surface area contributed by atoms with E-state index in [1.807, 2.05) is 23.5 Å². The van der Waals surface area contributed by atoms with Gasteiger partial charge in [0.05, 0.1) is 30.0 Å². The van der Waals surface area contributed by atoms with Gasteiger partial charge in [0.2, 0.25) is 11.5 Å². The number of aromatic nitrogens is 5. The van der Waals surface area contributed by atoms with Gasteiger partial charge in [0, 0.05) is 24.1 Å². The summed E-state index contributed by atoms with van der Waals surface area (Å²) in [5.74, 6) is 1.57. The van der Waals surface area contributed by atoms with Crippen molar-refractivity contribution in [3.05, 3.63) is 57.3 Å². The lowest BCUT2D eigenvalue weighted by Gasteiger charge is -2.19. The monoisotopic (exact) mass is 460 g/mol. The fraction of sp³-hybridized carbons (Fsp3) is 0.400. The minimum absolute atomic E-state index is 0. The Labute approximate surface area is 196 Å². The lowest BCUT2D eigenvalue weighted by Crippen LogP contribution is -2.29. The summed E-state index contributed by atoms with van der Waals surface area (Å²) in [5, 5.41) is 8.56. The van der Waals surface area contributed by atoms with Crippen LogP contribution < -0.4 is 15.2 Å². The van der Waals surface area contributed by atoms with Crippen LogP contribution >= 0.6 is 0 Å². The molecule has 9 heteroatoms. The van der Waals surface area contributed by atoms with Gasteiger partial charge in [-0.2, -0.15) is 0 Å². The lowest BCUT2D eigenvalue weighted by atomic mass is 10.0. The first-order valence-electron chi connectivity index (χ1n) is 11.3. The Bertz CT molecular complexity index is 1480. The first-order chi connectivity index (χ1) is 16.0. The number of rotatable bonds is 3. The van der Waals surface area contributed by atoms with Crippen molar-refractivity contribution >= 4 is 28.3 Å². The fourth-order valence-corrected chi connectivity index (χ4v) is 5.25. The summed E-state index contributed by atoms with van der Waals surface area (Å²) >= 11 is 0. The molecular weight excluding hydrogens is 432 g/mol. The van der Waals surface area contributed by atoms with Crippen LogP contribution in [0.15, 0.2) is 29.2 Å². The van der Waals surface area contributed by atoms with E-state index in [1.165, 1.54) is 0 Å². The van der Waals surface area contributed by atoms with Crippen LogP contribution in [0.1, 0.15) is 66.3 Å². The molecule has 0 bridgehead atoms. The number of fused-ring (bicyclic) bond motifs is 4. The summed E-state index contributed by atoms with van der Waals surface area (Å²) in [4.78, 5) is 35.2. The normalized spacial score (nSPS) is 15.6. The van der Waals surface area contributed by atoms with Crippen LogP contribution in [0, 0.1) is 6.92 Å². The first-order valence-corrected chi connectivity index (χ1v) is 11.3. The smallest absolute Gasteiger partial charge is 0.294 e. The van der Waals surface area contributed by atoms with E-state index in [2.05, 4.69) is 20.2 Å². The number of nitrogens with one attached hydrogen (secondary N) is 1. The Morgan fingerprint density at radius 3 is 2.74 bits per heavy atom. The predicted octanol–water partition coefficient (Wildman–Crippen LogP) is 3.78. The van der Waals surface area contributed by atoms with E-state index in [0.717, 1.165) is 60.3 Å². The number of carbonyl (C=O) groups excluding carboxylic acids is 1. The van der Waals surface area contributed by atoms with Crippen LogP contribution in [0.2, 0.25) is 0 Å². The maximum atomic E-state index is 13.5. The van der Waals surface area contributed by atoms with Crippen molar-refractivity contribution in [2.24, 2.45) is 0 Å². The topological polar surface area (TPSA) is 105 Å². The van der Waals surface area contributed by atoms with Gasteiger partial charge >= 0.3 is 0 Å². The molecule has 1 amide bonds. The number of benzene rings is 1. The van der Waals surface area contributed by atoms with Gasteiger partial charge in [-0.1, -0.05) is 20.3 Å². The molecule has 1 aromatic carbocycles. The molecule has 34 heavy (non-hydrogen) atoms. The zero-order valence-electron chi connectivity index (χ0n) is 18.6. The molecule has 6 rings (SSSR count). The van der Waals surface area contributed by atoms with Crippen LogP contribution in [0.3, 0.4) is 0 Å². The molecule has 0 atom stereocenters. The Kier molecular flexibility index (Phi) is 5.34. The van der Waals surface area contributed by atoms with E-state index in [1.54, 1.807) is 24.3 Å². The van der Waals surface area contributed by atoms with Crippen molar-refractivity contribution in [1.82, 2.24) is 24.6 Å². The number of ether oxygens (including phenoxy) is 1. The third-order valence-electron chi connectivity index (χ3n) is 6.96. The molecule has 4 heterocycles. The quantitative estimate of drug-likeness (QED) is 0.499. The number of amides is 1. The highest BCUT2D eigenvalue weighted by molar-refractivity contribution is 6.09. The van der Waals surface area contributed by atoms with Crippen molar-refractivity contribution in [1.29, 1.82) is 0 Å². The van der Waals surface area contributed by atoms with E-state index in [4.69, 9.17) is 4.74 Å². The summed E-state index contributed by atoms with van der Waals surface area (Å²) in [6, 6.07) is 5.61. The van der Waals surface area contributed by atoms with Crippen molar-refractivity contribution in [2.75, 3.05) is 18.6 Å². The van der Waals surface area contributed by atoms with E-state index < -0.39 is 0 Å². The van der Waals surface area contributed by atoms with Crippen molar-refractivity contribution in [2.45, 2.75) is 52.4 Å². The van der Waals surface area contributed by atoms with Gasteiger partial charge in [0.25, 0.3) is 11.5 Å². The number of methoxy groups -OCH3 is 1. The van der Waals surface area contributed by atoms with E-state index >= 15 is 0 Å². The Morgan fingerprint density at radius 1 is 1.18 bits per heavy atom. The molecular formula is C25H28N6O3. The minimum Gasteiger partial charge on any atom is -0.481 e. The van der Waals surface area contributed by atoms with Gasteiger partial charge in [0.1, 0.15) is 5.82 Å². The maximum absolute atomic E-state index is 13.5. The van der Waals surface area contributed by atoms with Gasteiger partial charge < -0.3 is 14.6 Å². The SMILES string of the molecule is C.COc1cc2c(cn1)N(C(=O)c1cc3[nH]c(=O)c4nnc(C5CCCC5)n4c3cc1C)CC2. The Balaban J connectivity index is 0.00000241. The number of anilines is 1. The molecule has 1 saturated carbocycles. The summed E-state index contributed by atoms with van der Waals surface area (Å²) < 4.78 is 7.09. The maximum Gasteiger partial charge on any atom is 0.294 e. The third-order valence-corrected chi connectivity index (χ3v) is 6.96. The van der Waals surface area contributed by atoms with Gasteiger partial charge in [-0.3, -0.25) is 14.0 Å². The molecule has 9 nitrogen and oxygen atoms in total. The number of pyridine rings is 1. The average molecular weight is 461 g/mol. The second kappa shape index (κ2) is 8.23. The number of aromatic amines is 1. The Morgan fingerprint density at radius 2 is 1.97 bits per heavy atom. The van der Waals surface area contributed by atoms with Crippen LogP contribution in [-0.4, -0.2) is 44.1 Å². The molecule has 1 fully saturated rings. The largest absolute Gasteiger partial charge is 0.481 e. The number of hydrogen-bond acceptors (Lipinski definition) is 6. The van der Waals surface area contributed by atoms with Gasteiger partial charge in [-0.05, 0) is 49.4 Å². The Hall–Kier alpha value is -3.75. The zero-order chi connectivity index (χ0) is 22.7. The average Bonchev–Trinajstić information content (AvgIpc) is 3.57. The number of hydrogen-bond donors (Lipinski definition) is 1. The van der Waals surface area contributed by atoms with E-state index in [0.29, 0.717) is 35.1 Å². The van der Waals surface area contributed by atoms with Crippen molar-refractivity contribution < 1.29 is 9.53 Å². The zero-order valence-corrected chi connectivity index (χ0v) is 18.6. The molecule has 1 aliphatic heterocycles. The minimum atomic E-state index is -0.302. The molecule has 2 aliphatic rings. The number of nitrogens with zero attached hydrogens (tertiary/aromatic N) is 5. The number of H-pyrrole nitrogens is 1. The van der Waals surface area contributed by atoms with Gasteiger partial charge in [-0.25, -0.2) is 4.98 Å². The van der Waals surface area contributed by atoms with Crippen LogP contribution in [0.25, 0.3) is 16.7 Å². The van der Waals surface area contributed by atoms with Crippen LogP contribution in [0.5, 0.6) is 5.88 Å². The molecule has 0 radical (unpaired) electrons. The first kappa shape index (κ1) is 22.1. The molecule has 1 aliphatic carbocycles. The lowest BCUT2D eigenvalue weighted by molar-refractivity contribution is 0.0989. The molecule has 3 aromatic heterocycles. The highest BCUT2D eigenvalue weighted by Gasteiger charge is 2.29. The second-order valence-electron chi connectivity index (χ2n) is 8.90. The highest BCUT2D eigenvalue weighted by Crippen LogP contribution is 2.35. The molecule has 1 N–H and O–H groups in total. The molecule has 176 valence electrons. The van der Waals surface area contributed by atoms with Crippen molar-refractivity contribution in [3.63, 3.8) is 0 Å². The highest BCUT2D eigenvalue weighted by atomic mass is 16.5. The number of carbonyl (C=O) groups is 1. The summed E-state index contributed by atoms with van der Waals surface area (Å²) in [7, 11) is 1.58. The number of aryl methyl sites for hydroxylation is 1. The van der Waals surface area contributed by atoms with E-state index in [-0.39, 0.29) is 18.9 Å². The van der Waals surface area contributed by atoms with Crippen LogP contribution in [0.4, 0.5) is 5.69 Å². The van der Waals surface area contributed by atoms with Gasteiger partial charge in [-0.15, -0.1) is 10.2 Å². The second-order valence-corrected chi connectivity index (χ2v) is 8.90. The molecule has 0 saturated heterocycles.